The largest absolute Gasteiger partial charge is 0.346 e. The standard InChI is InChI=1S/C17H17NOS/c1-14(15-8-4-2-5-9-15)18-17(19)12-13-20-16-10-6-3-7-11-16/h2-14H,1H3,(H,18,19)/b13-12+/t14-/m1/s1. The van der Waals surface area contributed by atoms with Crippen molar-refractivity contribution in [2.75, 3.05) is 0 Å². The van der Waals surface area contributed by atoms with Crippen LogP contribution < -0.4 is 5.32 Å². The second-order valence-corrected chi connectivity index (χ2v) is 5.35. The van der Waals surface area contributed by atoms with Crippen LogP contribution in [0.4, 0.5) is 0 Å². The lowest BCUT2D eigenvalue weighted by Gasteiger charge is -2.12. The summed E-state index contributed by atoms with van der Waals surface area (Å²) in [6.45, 7) is 1.98. The molecule has 2 rings (SSSR count). The van der Waals surface area contributed by atoms with Gasteiger partial charge in [0.05, 0.1) is 6.04 Å². The van der Waals surface area contributed by atoms with Crippen molar-refractivity contribution in [3.8, 4) is 0 Å². The van der Waals surface area contributed by atoms with E-state index in [2.05, 4.69) is 5.32 Å². The average Bonchev–Trinajstić information content (AvgIpc) is 2.49. The van der Waals surface area contributed by atoms with E-state index in [4.69, 9.17) is 0 Å². The Morgan fingerprint density at radius 2 is 1.65 bits per heavy atom. The van der Waals surface area contributed by atoms with E-state index in [1.807, 2.05) is 73.0 Å². The SMILES string of the molecule is C[C@@H](NC(=O)/C=C/Sc1ccccc1)c1ccccc1. The minimum atomic E-state index is -0.0789. The highest BCUT2D eigenvalue weighted by Gasteiger charge is 2.06. The summed E-state index contributed by atoms with van der Waals surface area (Å²) in [5, 5.41) is 4.75. The Morgan fingerprint density at radius 1 is 1.05 bits per heavy atom. The van der Waals surface area contributed by atoms with Gasteiger partial charge in [-0.15, -0.1) is 0 Å². The third kappa shape index (κ3) is 4.59. The van der Waals surface area contributed by atoms with E-state index < -0.39 is 0 Å². The molecule has 1 atom stereocenters. The molecule has 2 aromatic rings. The summed E-state index contributed by atoms with van der Waals surface area (Å²) >= 11 is 1.53. The van der Waals surface area contributed by atoms with E-state index >= 15 is 0 Å². The van der Waals surface area contributed by atoms with Crippen molar-refractivity contribution in [2.24, 2.45) is 0 Å². The van der Waals surface area contributed by atoms with E-state index in [0.29, 0.717) is 0 Å². The molecular formula is C17H17NOS. The van der Waals surface area contributed by atoms with Gasteiger partial charge in [0.25, 0.3) is 0 Å². The van der Waals surface area contributed by atoms with Gasteiger partial charge in [0.1, 0.15) is 0 Å². The molecule has 0 saturated carbocycles. The van der Waals surface area contributed by atoms with Crippen LogP contribution in [0.5, 0.6) is 0 Å². The van der Waals surface area contributed by atoms with Crippen molar-refractivity contribution in [1.29, 1.82) is 0 Å². The molecule has 2 nitrogen and oxygen atoms in total. The van der Waals surface area contributed by atoms with Crippen LogP contribution in [0.2, 0.25) is 0 Å². The monoisotopic (exact) mass is 283 g/mol. The van der Waals surface area contributed by atoms with Gasteiger partial charge in [0.15, 0.2) is 0 Å². The molecule has 0 radical (unpaired) electrons. The Bertz CT molecular complexity index is 566. The molecule has 1 N–H and O–H groups in total. The van der Waals surface area contributed by atoms with Gasteiger partial charge in [-0.05, 0) is 30.0 Å². The topological polar surface area (TPSA) is 29.1 Å². The average molecular weight is 283 g/mol. The number of hydrogen-bond donors (Lipinski definition) is 1. The second-order valence-electron chi connectivity index (χ2n) is 4.37. The van der Waals surface area contributed by atoms with Crippen LogP contribution in [0.15, 0.2) is 77.0 Å². The molecule has 0 aromatic heterocycles. The van der Waals surface area contributed by atoms with E-state index in [1.165, 1.54) is 11.8 Å². The number of thioether (sulfide) groups is 1. The Kier molecular flexibility index (Phi) is 5.44. The zero-order valence-electron chi connectivity index (χ0n) is 11.3. The Morgan fingerprint density at radius 3 is 2.30 bits per heavy atom. The van der Waals surface area contributed by atoms with E-state index in [0.717, 1.165) is 10.5 Å². The van der Waals surface area contributed by atoms with Crippen molar-refractivity contribution in [3.05, 3.63) is 77.7 Å². The summed E-state index contributed by atoms with van der Waals surface area (Å²) in [5.41, 5.74) is 1.10. The van der Waals surface area contributed by atoms with Crippen molar-refractivity contribution in [3.63, 3.8) is 0 Å². The van der Waals surface area contributed by atoms with Crippen LogP contribution in [-0.4, -0.2) is 5.91 Å². The Balaban J connectivity index is 1.83. The molecule has 3 heteroatoms. The van der Waals surface area contributed by atoms with Gasteiger partial charge < -0.3 is 5.32 Å². The van der Waals surface area contributed by atoms with Crippen LogP contribution in [0.1, 0.15) is 18.5 Å². The number of benzene rings is 2. The van der Waals surface area contributed by atoms with Gasteiger partial charge in [0.2, 0.25) is 5.91 Å². The lowest BCUT2D eigenvalue weighted by atomic mass is 10.1. The van der Waals surface area contributed by atoms with E-state index in [1.54, 1.807) is 6.08 Å². The molecule has 0 fully saturated rings. The molecule has 0 bridgehead atoms. The molecule has 20 heavy (non-hydrogen) atoms. The van der Waals surface area contributed by atoms with Crippen molar-refractivity contribution < 1.29 is 4.79 Å². The van der Waals surface area contributed by atoms with Gasteiger partial charge in [-0.3, -0.25) is 4.79 Å². The van der Waals surface area contributed by atoms with Crippen molar-refractivity contribution in [1.82, 2.24) is 5.32 Å². The summed E-state index contributed by atoms with van der Waals surface area (Å²) in [6, 6.07) is 19.9. The lowest BCUT2D eigenvalue weighted by molar-refractivity contribution is -0.117. The summed E-state index contributed by atoms with van der Waals surface area (Å²) in [5.74, 6) is -0.0789. The van der Waals surface area contributed by atoms with Gasteiger partial charge in [-0.2, -0.15) is 0 Å². The smallest absolute Gasteiger partial charge is 0.244 e. The molecule has 0 saturated heterocycles. The quantitative estimate of drug-likeness (QED) is 0.659. The highest BCUT2D eigenvalue weighted by molar-refractivity contribution is 8.02. The number of amides is 1. The molecule has 0 aliphatic rings. The molecule has 1 amide bonds. The third-order valence-electron chi connectivity index (χ3n) is 2.83. The molecule has 0 aliphatic carbocycles. The fraction of sp³-hybridized carbons (Fsp3) is 0.118. The number of hydrogen-bond acceptors (Lipinski definition) is 2. The van der Waals surface area contributed by atoms with Gasteiger partial charge in [-0.25, -0.2) is 0 Å². The first-order valence-corrected chi connectivity index (χ1v) is 7.37. The zero-order chi connectivity index (χ0) is 14.2. The summed E-state index contributed by atoms with van der Waals surface area (Å²) in [4.78, 5) is 12.9. The van der Waals surface area contributed by atoms with Crippen LogP contribution in [0.3, 0.4) is 0 Å². The minimum Gasteiger partial charge on any atom is -0.346 e. The number of carbonyl (C=O) groups is 1. The van der Waals surface area contributed by atoms with Crippen molar-refractivity contribution in [2.45, 2.75) is 17.9 Å². The predicted molar refractivity (Wildman–Crippen MR) is 84.4 cm³/mol. The van der Waals surface area contributed by atoms with Gasteiger partial charge in [0, 0.05) is 11.0 Å². The van der Waals surface area contributed by atoms with E-state index in [-0.39, 0.29) is 11.9 Å². The number of carbonyl (C=O) groups excluding carboxylic acids is 1. The lowest BCUT2D eigenvalue weighted by Crippen LogP contribution is -2.24. The molecular weight excluding hydrogens is 266 g/mol. The fourth-order valence-corrected chi connectivity index (χ4v) is 2.42. The first kappa shape index (κ1) is 14.4. The third-order valence-corrected chi connectivity index (χ3v) is 3.64. The summed E-state index contributed by atoms with van der Waals surface area (Å²) in [6.07, 6.45) is 1.57. The maximum absolute atomic E-state index is 11.8. The van der Waals surface area contributed by atoms with Crippen LogP contribution >= 0.6 is 11.8 Å². The van der Waals surface area contributed by atoms with Crippen LogP contribution in [0.25, 0.3) is 0 Å². The molecule has 0 heterocycles. The highest BCUT2D eigenvalue weighted by Crippen LogP contribution is 2.18. The number of rotatable bonds is 5. The second kappa shape index (κ2) is 7.56. The Labute approximate surface area is 123 Å². The van der Waals surface area contributed by atoms with Gasteiger partial charge in [-0.1, -0.05) is 60.3 Å². The van der Waals surface area contributed by atoms with Crippen LogP contribution in [0, 0.1) is 0 Å². The summed E-state index contributed by atoms with van der Waals surface area (Å²) in [7, 11) is 0. The molecule has 0 aliphatic heterocycles. The maximum Gasteiger partial charge on any atom is 0.244 e. The van der Waals surface area contributed by atoms with Crippen LogP contribution in [-0.2, 0) is 4.79 Å². The zero-order valence-corrected chi connectivity index (χ0v) is 12.1. The highest BCUT2D eigenvalue weighted by atomic mass is 32.2. The molecule has 0 spiro atoms. The fourth-order valence-electron chi connectivity index (χ4n) is 1.76. The first-order chi connectivity index (χ1) is 9.75. The number of nitrogens with one attached hydrogen (secondary N) is 1. The minimum absolute atomic E-state index is 0.00933. The first-order valence-electron chi connectivity index (χ1n) is 6.49. The maximum atomic E-state index is 11.8. The molecule has 2 aromatic carbocycles. The molecule has 102 valence electrons. The molecule has 0 unspecified atom stereocenters. The normalized spacial score (nSPS) is 12.2. The Hall–Kier alpha value is -2.00. The predicted octanol–water partition coefficient (Wildman–Crippen LogP) is 4.17. The van der Waals surface area contributed by atoms with E-state index in [9.17, 15) is 4.79 Å². The van der Waals surface area contributed by atoms with Gasteiger partial charge >= 0.3 is 0 Å². The summed E-state index contributed by atoms with van der Waals surface area (Å²) < 4.78 is 0. The van der Waals surface area contributed by atoms with Crippen molar-refractivity contribution >= 4 is 17.7 Å².